The summed E-state index contributed by atoms with van der Waals surface area (Å²) < 4.78 is 20.3. The molecule has 0 radical (unpaired) electrons. The van der Waals surface area contributed by atoms with Crippen LogP contribution in [0.2, 0.25) is 0 Å². The molecule has 4 nitrogen and oxygen atoms in total. The van der Waals surface area contributed by atoms with Gasteiger partial charge in [-0.3, -0.25) is 0 Å². The topological polar surface area (TPSA) is 69.9 Å². The summed E-state index contributed by atoms with van der Waals surface area (Å²) in [5.41, 5.74) is 0.978. The van der Waals surface area contributed by atoms with Crippen LogP contribution in [0.5, 0.6) is 5.75 Å². The van der Waals surface area contributed by atoms with Crippen LogP contribution in [0.4, 0.5) is 4.39 Å². The summed E-state index contributed by atoms with van der Waals surface area (Å²) in [4.78, 5) is 0. The quantitative estimate of drug-likeness (QED) is 0.711. The van der Waals surface area contributed by atoms with E-state index in [1.54, 1.807) is 6.07 Å². The zero-order valence-electron chi connectivity index (χ0n) is 14.8. The van der Waals surface area contributed by atoms with Crippen molar-refractivity contribution < 1.29 is 24.4 Å². The van der Waals surface area contributed by atoms with Gasteiger partial charge in [-0.15, -0.1) is 0 Å². The molecule has 3 rings (SSSR count). The minimum atomic E-state index is -0.658. The van der Waals surface area contributed by atoms with Crippen molar-refractivity contribution in [3.63, 3.8) is 0 Å². The van der Waals surface area contributed by atoms with Gasteiger partial charge in [0.2, 0.25) is 0 Å². The molecule has 3 unspecified atom stereocenters. The molecule has 1 saturated heterocycles. The van der Waals surface area contributed by atoms with Crippen LogP contribution in [0.3, 0.4) is 0 Å². The Morgan fingerprint density at radius 2 is 2.04 bits per heavy atom. The molecule has 0 amide bonds. The average molecular weight is 350 g/mol. The number of hydrogen-bond donors (Lipinski definition) is 3. The van der Waals surface area contributed by atoms with Crippen molar-refractivity contribution in [3.05, 3.63) is 41.2 Å². The van der Waals surface area contributed by atoms with Crippen LogP contribution in [0, 0.1) is 17.2 Å². The Hall–Kier alpha value is -1.43. The van der Waals surface area contributed by atoms with E-state index in [1.165, 1.54) is 17.7 Å². The highest BCUT2D eigenvalue weighted by molar-refractivity contribution is 5.33. The number of allylic oxidation sites excluding steroid dienone is 1. The summed E-state index contributed by atoms with van der Waals surface area (Å²) in [7, 11) is 0. The Bertz CT molecular complexity index is 670. The van der Waals surface area contributed by atoms with E-state index >= 15 is 0 Å². The van der Waals surface area contributed by atoms with E-state index in [-0.39, 0.29) is 36.4 Å². The maximum absolute atomic E-state index is 13.9. The fourth-order valence-electron chi connectivity index (χ4n) is 4.32. The number of hydrogen-bond acceptors (Lipinski definition) is 4. The van der Waals surface area contributed by atoms with Crippen molar-refractivity contribution in [2.24, 2.45) is 11.3 Å². The minimum Gasteiger partial charge on any atom is -0.505 e. The first-order valence-electron chi connectivity index (χ1n) is 8.90. The van der Waals surface area contributed by atoms with Gasteiger partial charge in [0.05, 0.1) is 18.3 Å². The SMILES string of the molecule is CC1(C)OC(c2ccc(O)c(F)c2)C2CC1(CO)CC=C2CCCO. The lowest BCUT2D eigenvalue weighted by atomic mass is 9.58. The van der Waals surface area contributed by atoms with Gasteiger partial charge >= 0.3 is 0 Å². The number of ether oxygens (including phenoxy) is 1. The molecule has 0 spiro atoms. The number of benzene rings is 1. The molecule has 1 aromatic carbocycles. The Kier molecular flexibility index (Phi) is 4.93. The minimum absolute atomic E-state index is 0.0319. The highest BCUT2D eigenvalue weighted by Crippen LogP contribution is 2.58. The van der Waals surface area contributed by atoms with E-state index in [9.17, 15) is 19.7 Å². The maximum Gasteiger partial charge on any atom is 0.165 e. The Balaban J connectivity index is 2.01. The molecule has 1 fully saturated rings. The highest BCUT2D eigenvalue weighted by Gasteiger charge is 2.55. The molecule has 2 aliphatic rings. The third-order valence-electron chi connectivity index (χ3n) is 6.13. The number of phenolic OH excluding ortho intramolecular Hbond substituents is 1. The predicted molar refractivity (Wildman–Crippen MR) is 92.6 cm³/mol. The zero-order chi connectivity index (χ0) is 18.2. The summed E-state index contributed by atoms with van der Waals surface area (Å²) in [5.74, 6) is -0.998. The number of fused-ring (bicyclic) bond motifs is 2. The van der Waals surface area contributed by atoms with Crippen LogP contribution < -0.4 is 0 Å². The molecular weight excluding hydrogens is 323 g/mol. The van der Waals surface area contributed by atoms with E-state index < -0.39 is 11.4 Å². The zero-order valence-corrected chi connectivity index (χ0v) is 14.8. The van der Waals surface area contributed by atoms with Crippen molar-refractivity contribution >= 4 is 0 Å². The number of aliphatic hydroxyl groups is 2. The summed E-state index contributed by atoms with van der Waals surface area (Å²) in [6, 6.07) is 4.39. The Labute approximate surface area is 148 Å². The van der Waals surface area contributed by atoms with Crippen LogP contribution in [0.1, 0.15) is 51.2 Å². The molecule has 1 heterocycles. The first-order chi connectivity index (χ1) is 11.8. The molecule has 2 bridgehead atoms. The van der Waals surface area contributed by atoms with E-state index in [0.29, 0.717) is 12.0 Å². The second kappa shape index (κ2) is 6.71. The summed E-state index contributed by atoms with van der Waals surface area (Å²) in [6.45, 7) is 4.13. The third-order valence-corrected chi connectivity index (χ3v) is 6.13. The average Bonchev–Trinajstić information content (AvgIpc) is 2.59. The Morgan fingerprint density at radius 3 is 2.68 bits per heavy atom. The second-order valence-electron chi connectivity index (χ2n) is 7.82. The highest BCUT2D eigenvalue weighted by atomic mass is 19.1. The molecule has 1 aromatic rings. The predicted octanol–water partition coefficient (Wildman–Crippen LogP) is 3.47. The van der Waals surface area contributed by atoms with Gasteiger partial charge in [0.15, 0.2) is 11.6 Å². The molecule has 1 aliphatic heterocycles. The molecule has 5 heteroatoms. The fraction of sp³-hybridized carbons (Fsp3) is 0.600. The van der Waals surface area contributed by atoms with Gasteiger partial charge < -0.3 is 20.1 Å². The van der Waals surface area contributed by atoms with Crippen LogP contribution in [-0.4, -0.2) is 34.1 Å². The summed E-state index contributed by atoms with van der Waals surface area (Å²) >= 11 is 0. The number of rotatable bonds is 5. The van der Waals surface area contributed by atoms with Gasteiger partial charge in [0.1, 0.15) is 0 Å². The van der Waals surface area contributed by atoms with E-state index in [2.05, 4.69) is 6.08 Å². The van der Waals surface area contributed by atoms with Gasteiger partial charge in [0, 0.05) is 17.9 Å². The molecule has 138 valence electrons. The maximum atomic E-state index is 13.9. The van der Waals surface area contributed by atoms with Crippen molar-refractivity contribution in [1.82, 2.24) is 0 Å². The smallest absolute Gasteiger partial charge is 0.165 e. The van der Waals surface area contributed by atoms with Crippen LogP contribution >= 0.6 is 0 Å². The monoisotopic (exact) mass is 350 g/mol. The number of phenols is 1. The van der Waals surface area contributed by atoms with Gasteiger partial charge in [-0.05, 0) is 57.2 Å². The van der Waals surface area contributed by atoms with E-state index in [4.69, 9.17) is 4.74 Å². The largest absolute Gasteiger partial charge is 0.505 e. The van der Waals surface area contributed by atoms with Gasteiger partial charge in [-0.2, -0.15) is 0 Å². The lowest BCUT2D eigenvalue weighted by Crippen LogP contribution is -2.56. The van der Waals surface area contributed by atoms with Crippen LogP contribution in [0.25, 0.3) is 0 Å². The molecule has 25 heavy (non-hydrogen) atoms. The fourth-order valence-corrected chi connectivity index (χ4v) is 4.32. The first-order valence-corrected chi connectivity index (χ1v) is 8.90. The number of halogens is 1. The molecule has 0 saturated carbocycles. The second-order valence-corrected chi connectivity index (χ2v) is 7.82. The molecular formula is C20H27FO4. The molecule has 3 atom stereocenters. The number of aromatic hydroxyl groups is 1. The summed E-state index contributed by atoms with van der Waals surface area (Å²) in [6.07, 6.45) is 4.78. The van der Waals surface area contributed by atoms with Crippen LogP contribution in [-0.2, 0) is 4.74 Å². The lowest BCUT2D eigenvalue weighted by Gasteiger charge is -2.57. The van der Waals surface area contributed by atoms with E-state index in [1.807, 2.05) is 13.8 Å². The van der Waals surface area contributed by atoms with Crippen molar-refractivity contribution in [2.45, 2.75) is 51.2 Å². The standard InChI is InChI=1S/C20H27FO4/c1-19(2)20(12-23)8-7-13(4-3-9-22)15(11-20)18(25-19)14-5-6-17(24)16(21)10-14/h5-7,10,15,18,22-24H,3-4,8-9,11-12H2,1-2H3. The number of aliphatic hydroxyl groups excluding tert-OH is 2. The summed E-state index contributed by atoms with van der Waals surface area (Å²) in [5, 5.41) is 28.7. The first kappa shape index (κ1) is 18.4. The van der Waals surface area contributed by atoms with Gasteiger partial charge in [0.25, 0.3) is 0 Å². The van der Waals surface area contributed by atoms with E-state index in [0.717, 1.165) is 19.3 Å². The van der Waals surface area contributed by atoms with Gasteiger partial charge in [-0.1, -0.05) is 17.7 Å². The normalized spacial score (nSPS) is 30.8. The third kappa shape index (κ3) is 3.09. The van der Waals surface area contributed by atoms with Crippen molar-refractivity contribution in [3.8, 4) is 5.75 Å². The van der Waals surface area contributed by atoms with Crippen molar-refractivity contribution in [1.29, 1.82) is 0 Å². The van der Waals surface area contributed by atoms with Gasteiger partial charge in [-0.25, -0.2) is 4.39 Å². The molecule has 3 N–H and O–H groups in total. The molecule has 1 aliphatic carbocycles. The lowest BCUT2D eigenvalue weighted by molar-refractivity contribution is -0.223. The van der Waals surface area contributed by atoms with Crippen molar-refractivity contribution in [2.75, 3.05) is 13.2 Å². The molecule has 0 aromatic heterocycles. The van der Waals surface area contributed by atoms with Crippen LogP contribution in [0.15, 0.2) is 29.8 Å². The Morgan fingerprint density at radius 1 is 1.28 bits per heavy atom.